The van der Waals surface area contributed by atoms with Gasteiger partial charge in [0.1, 0.15) is 0 Å². The topological polar surface area (TPSA) is 6.48 Å². The molecule has 1 aromatic carbocycles. The van der Waals surface area contributed by atoms with Crippen LogP contribution in [0.4, 0.5) is 0 Å². The Morgan fingerprint density at radius 2 is 1.90 bits per heavy atom. The zero-order valence-corrected chi connectivity index (χ0v) is 13.0. The molecule has 1 saturated heterocycles. The summed E-state index contributed by atoms with van der Waals surface area (Å²) in [6.07, 6.45) is 4.89. The van der Waals surface area contributed by atoms with Gasteiger partial charge in [0.05, 0.1) is 0 Å². The Morgan fingerprint density at radius 3 is 2.60 bits per heavy atom. The molecule has 0 atom stereocenters. The molecule has 0 N–H and O–H groups in total. The molecule has 0 unspecified atom stereocenters. The summed E-state index contributed by atoms with van der Waals surface area (Å²) < 4.78 is 0. The zero-order chi connectivity index (χ0) is 14.2. The number of rotatable bonds is 7. The summed E-state index contributed by atoms with van der Waals surface area (Å²) in [5.74, 6) is 0. The SMILES string of the molecule is CCN(CC)CCCN1CC/C(=C\c2ccccc2)C1. The van der Waals surface area contributed by atoms with E-state index in [1.54, 1.807) is 5.57 Å². The van der Waals surface area contributed by atoms with E-state index in [0.29, 0.717) is 0 Å². The van der Waals surface area contributed by atoms with Gasteiger partial charge in [-0.15, -0.1) is 0 Å². The van der Waals surface area contributed by atoms with Crippen LogP contribution in [-0.2, 0) is 0 Å². The van der Waals surface area contributed by atoms with Gasteiger partial charge in [0.15, 0.2) is 0 Å². The van der Waals surface area contributed by atoms with Crippen molar-refractivity contribution in [2.75, 3.05) is 39.3 Å². The van der Waals surface area contributed by atoms with E-state index in [4.69, 9.17) is 0 Å². The summed E-state index contributed by atoms with van der Waals surface area (Å²) in [6, 6.07) is 10.7. The lowest BCUT2D eigenvalue weighted by Crippen LogP contribution is -2.28. The van der Waals surface area contributed by atoms with Crippen molar-refractivity contribution in [2.24, 2.45) is 0 Å². The second kappa shape index (κ2) is 8.23. The molecule has 1 fully saturated rings. The lowest BCUT2D eigenvalue weighted by molar-refractivity contribution is 0.265. The first-order valence-electron chi connectivity index (χ1n) is 8.01. The van der Waals surface area contributed by atoms with Gasteiger partial charge < -0.3 is 4.90 Å². The second-order valence-corrected chi connectivity index (χ2v) is 5.62. The Bertz CT molecular complexity index is 407. The van der Waals surface area contributed by atoms with Crippen LogP contribution in [0.25, 0.3) is 6.08 Å². The van der Waals surface area contributed by atoms with Crippen molar-refractivity contribution >= 4 is 6.08 Å². The molecule has 0 amide bonds. The van der Waals surface area contributed by atoms with Crippen molar-refractivity contribution in [3.63, 3.8) is 0 Å². The summed E-state index contributed by atoms with van der Waals surface area (Å²) in [4.78, 5) is 5.11. The fourth-order valence-electron chi connectivity index (χ4n) is 2.90. The molecule has 0 spiro atoms. The normalized spacial score (nSPS) is 18.2. The average molecular weight is 272 g/mol. The Morgan fingerprint density at radius 1 is 1.15 bits per heavy atom. The highest BCUT2D eigenvalue weighted by Crippen LogP contribution is 2.18. The van der Waals surface area contributed by atoms with Crippen LogP contribution in [0.1, 0.15) is 32.3 Å². The third-order valence-corrected chi connectivity index (χ3v) is 4.19. The first-order chi connectivity index (χ1) is 9.81. The molecule has 2 heteroatoms. The third kappa shape index (κ3) is 4.77. The van der Waals surface area contributed by atoms with Gasteiger partial charge in [0.25, 0.3) is 0 Å². The monoisotopic (exact) mass is 272 g/mol. The molecule has 1 heterocycles. The van der Waals surface area contributed by atoms with Gasteiger partial charge in [-0.2, -0.15) is 0 Å². The molecule has 0 radical (unpaired) electrons. The van der Waals surface area contributed by atoms with Gasteiger partial charge in [0, 0.05) is 13.1 Å². The molecule has 2 rings (SSSR count). The van der Waals surface area contributed by atoms with Crippen LogP contribution >= 0.6 is 0 Å². The Balaban J connectivity index is 1.74. The molecule has 0 saturated carbocycles. The summed E-state index contributed by atoms with van der Waals surface area (Å²) >= 11 is 0. The van der Waals surface area contributed by atoms with Crippen molar-refractivity contribution < 1.29 is 0 Å². The minimum absolute atomic E-state index is 1.16. The van der Waals surface area contributed by atoms with Crippen molar-refractivity contribution in [2.45, 2.75) is 26.7 Å². The van der Waals surface area contributed by atoms with E-state index >= 15 is 0 Å². The minimum Gasteiger partial charge on any atom is -0.304 e. The van der Waals surface area contributed by atoms with E-state index in [-0.39, 0.29) is 0 Å². The van der Waals surface area contributed by atoms with E-state index in [9.17, 15) is 0 Å². The maximum Gasteiger partial charge on any atom is 0.0196 e. The van der Waals surface area contributed by atoms with Crippen LogP contribution < -0.4 is 0 Å². The van der Waals surface area contributed by atoms with Gasteiger partial charge in [0.2, 0.25) is 0 Å². The summed E-state index contributed by atoms with van der Waals surface area (Å²) in [6.45, 7) is 11.7. The van der Waals surface area contributed by atoms with Crippen molar-refractivity contribution in [3.8, 4) is 0 Å². The van der Waals surface area contributed by atoms with Crippen molar-refractivity contribution in [3.05, 3.63) is 41.5 Å². The van der Waals surface area contributed by atoms with Crippen LogP contribution in [0.3, 0.4) is 0 Å². The highest BCUT2D eigenvalue weighted by molar-refractivity contribution is 5.53. The number of hydrogen-bond donors (Lipinski definition) is 0. The van der Waals surface area contributed by atoms with Crippen LogP contribution in [0.15, 0.2) is 35.9 Å². The third-order valence-electron chi connectivity index (χ3n) is 4.19. The molecule has 0 aliphatic carbocycles. The quantitative estimate of drug-likeness (QED) is 0.749. The fraction of sp³-hybridized carbons (Fsp3) is 0.556. The molecule has 20 heavy (non-hydrogen) atoms. The zero-order valence-electron chi connectivity index (χ0n) is 13.0. The maximum absolute atomic E-state index is 2.60. The van der Waals surface area contributed by atoms with Crippen LogP contribution in [-0.4, -0.2) is 49.1 Å². The largest absolute Gasteiger partial charge is 0.304 e. The molecule has 1 aromatic rings. The Labute approximate surface area is 124 Å². The predicted octanol–water partition coefficient (Wildman–Crippen LogP) is 3.51. The molecular formula is C18H28N2. The molecular weight excluding hydrogens is 244 g/mol. The summed E-state index contributed by atoms with van der Waals surface area (Å²) in [5, 5.41) is 0. The van der Waals surface area contributed by atoms with E-state index in [2.05, 4.69) is 60.1 Å². The summed E-state index contributed by atoms with van der Waals surface area (Å²) in [7, 11) is 0. The van der Waals surface area contributed by atoms with E-state index < -0.39 is 0 Å². The van der Waals surface area contributed by atoms with E-state index in [1.807, 2.05) is 0 Å². The molecule has 0 aromatic heterocycles. The second-order valence-electron chi connectivity index (χ2n) is 5.62. The van der Waals surface area contributed by atoms with Gasteiger partial charge in [-0.05, 0) is 44.6 Å². The van der Waals surface area contributed by atoms with Gasteiger partial charge in [-0.1, -0.05) is 55.8 Å². The maximum atomic E-state index is 2.60. The number of nitrogens with zero attached hydrogens (tertiary/aromatic N) is 2. The summed E-state index contributed by atoms with van der Waals surface area (Å²) in [5.41, 5.74) is 2.92. The van der Waals surface area contributed by atoms with Crippen LogP contribution in [0, 0.1) is 0 Å². The van der Waals surface area contributed by atoms with Crippen LogP contribution in [0.2, 0.25) is 0 Å². The van der Waals surface area contributed by atoms with Gasteiger partial charge >= 0.3 is 0 Å². The van der Waals surface area contributed by atoms with E-state index in [0.717, 1.165) is 6.54 Å². The predicted molar refractivity (Wildman–Crippen MR) is 87.9 cm³/mol. The standard InChI is InChI=1S/C18H28N2/c1-3-19(4-2)12-8-13-20-14-11-18(16-20)15-17-9-6-5-7-10-17/h5-7,9-10,15H,3-4,8,11-14,16H2,1-2H3/b18-15+. The van der Waals surface area contributed by atoms with Crippen molar-refractivity contribution in [1.29, 1.82) is 0 Å². The van der Waals surface area contributed by atoms with E-state index in [1.165, 1.54) is 51.1 Å². The minimum atomic E-state index is 1.16. The first kappa shape index (κ1) is 15.3. The van der Waals surface area contributed by atoms with Gasteiger partial charge in [-0.25, -0.2) is 0 Å². The molecule has 2 nitrogen and oxygen atoms in total. The Hall–Kier alpha value is -1.12. The van der Waals surface area contributed by atoms with Gasteiger partial charge in [-0.3, -0.25) is 4.90 Å². The molecule has 0 bridgehead atoms. The molecule has 1 aliphatic rings. The average Bonchev–Trinajstić information content (AvgIpc) is 2.92. The number of benzene rings is 1. The van der Waals surface area contributed by atoms with Crippen LogP contribution in [0.5, 0.6) is 0 Å². The number of hydrogen-bond acceptors (Lipinski definition) is 2. The Kier molecular flexibility index (Phi) is 6.28. The molecule has 1 aliphatic heterocycles. The molecule has 110 valence electrons. The highest BCUT2D eigenvalue weighted by atomic mass is 15.2. The van der Waals surface area contributed by atoms with Crippen molar-refractivity contribution in [1.82, 2.24) is 9.80 Å². The smallest absolute Gasteiger partial charge is 0.0196 e. The first-order valence-corrected chi connectivity index (χ1v) is 8.01. The lowest BCUT2D eigenvalue weighted by Gasteiger charge is -2.20. The number of likely N-dealkylation sites (tertiary alicyclic amines) is 1. The fourth-order valence-corrected chi connectivity index (χ4v) is 2.90. The lowest BCUT2D eigenvalue weighted by atomic mass is 10.1. The highest BCUT2D eigenvalue weighted by Gasteiger charge is 2.15.